The van der Waals surface area contributed by atoms with Gasteiger partial charge in [0.25, 0.3) is 0 Å². The highest BCUT2D eigenvalue weighted by atomic mass is 35.5. The summed E-state index contributed by atoms with van der Waals surface area (Å²) in [4.78, 5) is 0. The first-order valence-electron chi connectivity index (χ1n) is 8.68. The molecule has 3 heterocycles. The van der Waals surface area contributed by atoms with Gasteiger partial charge in [-0.1, -0.05) is 41.9 Å². The lowest BCUT2D eigenvalue weighted by atomic mass is 9.97. The lowest BCUT2D eigenvalue weighted by Crippen LogP contribution is -2.31. The Balaban J connectivity index is 1.54. The number of nitrogens with zero attached hydrogens (tertiary/aromatic N) is 4. The van der Waals surface area contributed by atoms with E-state index in [1.165, 1.54) is 19.3 Å². The third-order valence-corrected chi connectivity index (χ3v) is 6.65. The van der Waals surface area contributed by atoms with Gasteiger partial charge in [0.2, 0.25) is 5.16 Å². The van der Waals surface area contributed by atoms with E-state index in [1.807, 2.05) is 28.9 Å². The molecule has 1 saturated heterocycles. The van der Waals surface area contributed by atoms with Crippen LogP contribution in [-0.4, -0.2) is 31.9 Å². The number of rotatable bonds is 2. The molecule has 8 heteroatoms. The first kappa shape index (κ1) is 15.8. The molecule has 0 bridgehead atoms. The Bertz CT molecular complexity index is 832. The second-order valence-electron chi connectivity index (χ2n) is 6.87. The van der Waals surface area contributed by atoms with E-state index in [-0.39, 0.29) is 11.3 Å². The van der Waals surface area contributed by atoms with E-state index in [0.717, 1.165) is 27.3 Å². The summed E-state index contributed by atoms with van der Waals surface area (Å²) in [5.74, 6) is 1.47. The van der Waals surface area contributed by atoms with Gasteiger partial charge in [-0.2, -0.15) is 9.78 Å². The average molecular weight is 375 g/mol. The van der Waals surface area contributed by atoms with Gasteiger partial charge >= 0.3 is 0 Å². The normalized spacial score (nSPS) is 30.9. The van der Waals surface area contributed by atoms with Gasteiger partial charge in [0, 0.05) is 11.1 Å². The largest absolute Gasteiger partial charge is 0.254 e. The predicted octanol–water partition coefficient (Wildman–Crippen LogP) is 3.00. The SMILES string of the molecule is CC1Sc2nnc(C3NNC4CCCC43)n2N=C1c1ccc(Cl)cc1. The number of aromatic nitrogens is 3. The fourth-order valence-electron chi connectivity index (χ4n) is 4.08. The molecule has 2 fully saturated rings. The highest BCUT2D eigenvalue weighted by Crippen LogP contribution is 2.40. The van der Waals surface area contributed by atoms with E-state index in [2.05, 4.69) is 28.0 Å². The van der Waals surface area contributed by atoms with E-state index in [4.69, 9.17) is 16.7 Å². The van der Waals surface area contributed by atoms with Crippen LogP contribution >= 0.6 is 23.4 Å². The average Bonchev–Trinajstić information content (AvgIpc) is 3.30. The molecule has 0 radical (unpaired) electrons. The van der Waals surface area contributed by atoms with Crippen LogP contribution in [-0.2, 0) is 0 Å². The van der Waals surface area contributed by atoms with Crippen LogP contribution in [0, 0.1) is 5.92 Å². The summed E-state index contributed by atoms with van der Waals surface area (Å²) in [5, 5.41) is 15.6. The minimum Gasteiger partial charge on any atom is -0.254 e. The van der Waals surface area contributed by atoms with Crippen LogP contribution in [0.2, 0.25) is 5.02 Å². The number of fused-ring (bicyclic) bond motifs is 2. The molecule has 2 N–H and O–H groups in total. The van der Waals surface area contributed by atoms with Gasteiger partial charge in [0.1, 0.15) is 0 Å². The zero-order valence-corrected chi connectivity index (χ0v) is 15.4. The van der Waals surface area contributed by atoms with Crippen molar-refractivity contribution in [2.24, 2.45) is 11.0 Å². The fraction of sp³-hybridized carbons (Fsp3) is 0.471. The second kappa shape index (κ2) is 6.09. The quantitative estimate of drug-likeness (QED) is 0.845. The Morgan fingerprint density at radius 1 is 1.16 bits per heavy atom. The molecular formula is C17H19ClN6S. The predicted molar refractivity (Wildman–Crippen MR) is 98.9 cm³/mol. The van der Waals surface area contributed by atoms with Crippen LogP contribution in [0.3, 0.4) is 0 Å². The Morgan fingerprint density at radius 2 is 2.00 bits per heavy atom. The molecular weight excluding hydrogens is 356 g/mol. The first-order valence-corrected chi connectivity index (χ1v) is 9.94. The van der Waals surface area contributed by atoms with Gasteiger partial charge in [-0.3, -0.25) is 5.43 Å². The molecule has 3 aliphatic rings. The molecule has 5 rings (SSSR count). The number of hydrazine groups is 1. The van der Waals surface area contributed by atoms with Crippen LogP contribution in [0.4, 0.5) is 0 Å². The number of thioether (sulfide) groups is 1. The zero-order chi connectivity index (χ0) is 17.0. The van der Waals surface area contributed by atoms with Crippen molar-refractivity contribution in [1.82, 2.24) is 25.7 Å². The Morgan fingerprint density at radius 3 is 2.84 bits per heavy atom. The molecule has 6 nitrogen and oxygen atoms in total. The van der Waals surface area contributed by atoms with Crippen molar-refractivity contribution in [1.29, 1.82) is 0 Å². The summed E-state index contributed by atoms with van der Waals surface area (Å²) >= 11 is 7.73. The maximum atomic E-state index is 6.03. The minimum atomic E-state index is 0.165. The summed E-state index contributed by atoms with van der Waals surface area (Å²) < 4.78 is 1.93. The lowest BCUT2D eigenvalue weighted by molar-refractivity contribution is 0.425. The minimum absolute atomic E-state index is 0.165. The van der Waals surface area contributed by atoms with Crippen LogP contribution in [0.25, 0.3) is 0 Å². The molecule has 2 aliphatic heterocycles. The van der Waals surface area contributed by atoms with E-state index in [9.17, 15) is 0 Å². The van der Waals surface area contributed by atoms with Crippen molar-refractivity contribution in [3.05, 3.63) is 40.7 Å². The second-order valence-corrected chi connectivity index (χ2v) is 8.62. The maximum Gasteiger partial charge on any atom is 0.212 e. The maximum absolute atomic E-state index is 6.03. The Kier molecular flexibility index (Phi) is 3.85. The van der Waals surface area contributed by atoms with Crippen molar-refractivity contribution in [2.75, 3.05) is 0 Å². The van der Waals surface area contributed by atoms with E-state index in [1.54, 1.807) is 11.8 Å². The number of hydrogen-bond donors (Lipinski definition) is 2. The van der Waals surface area contributed by atoms with Gasteiger partial charge in [0.15, 0.2) is 5.82 Å². The Labute approximate surface area is 155 Å². The summed E-state index contributed by atoms with van der Waals surface area (Å²) in [7, 11) is 0. The third-order valence-electron chi connectivity index (χ3n) is 5.35. The number of hydrogen-bond acceptors (Lipinski definition) is 6. The molecule has 4 atom stereocenters. The third kappa shape index (κ3) is 2.61. The molecule has 1 aromatic carbocycles. The van der Waals surface area contributed by atoms with Crippen molar-refractivity contribution < 1.29 is 0 Å². The highest BCUT2D eigenvalue weighted by molar-refractivity contribution is 8.00. The fourth-order valence-corrected chi connectivity index (χ4v) is 5.14. The van der Waals surface area contributed by atoms with Gasteiger partial charge in [-0.05, 0) is 43.4 Å². The molecule has 2 aromatic rings. The van der Waals surface area contributed by atoms with Crippen molar-refractivity contribution >= 4 is 29.1 Å². The van der Waals surface area contributed by atoms with Gasteiger partial charge < -0.3 is 0 Å². The molecule has 0 amide bonds. The van der Waals surface area contributed by atoms with E-state index < -0.39 is 0 Å². The highest BCUT2D eigenvalue weighted by Gasteiger charge is 2.43. The van der Waals surface area contributed by atoms with Crippen molar-refractivity contribution in [3.63, 3.8) is 0 Å². The molecule has 0 spiro atoms. The molecule has 130 valence electrons. The monoisotopic (exact) mass is 374 g/mol. The lowest BCUT2D eigenvalue weighted by Gasteiger charge is -2.22. The van der Waals surface area contributed by atoms with Gasteiger partial charge in [-0.15, -0.1) is 10.2 Å². The molecule has 25 heavy (non-hydrogen) atoms. The number of benzene rings is 1. The topological polar surface area (TPSA) is 67.1 Å². The van der Waals surface area contributed by atoms with Crippen molar-refractivity contribution in [2.45, 2.75) is 48.7 Å². The van der Waals surface area contributed by atoms with E-state index >= 15 is 0 Å². The Hall–Kier alpha value is -1.41. The van der Waals surface area contributed by atoms with Crippen LogP contribution in [0.5, 0.6) is 0 Å². The summed E-state index contributed by atoms with van der Waals surface area (Å²) in [6.07, 6.45) is 3.71. The van der Waals surface area contributed by atoms with Gasteiger partial charge in [-0.25, -0.2) is 5.43 Å². The summed E-state index contributed by atoms with van der Waals surface area (Å²) in [5.41, 5.74) is 8.96. The van der Waals surface area contributed by atoms with E-state index in [0.29, 0.717) is 12.0 Å². The van der Waals surface area contributed by atoms with Crippen LogP contribution < -0.4 is 10.9 Å². The summed E-state index contributed by atoms with van der Waals surface area (Å²) in [6.45, 7) is 2.15. The molecule has 1 aromatic heterocycles. The first-order chi connectivity index (χ1) is 12.2. The van der Waals surface area contributed by atoms with Crippen LogP contribution in [0.1, 0.15) is 43.6 Å². The van der Waals surface area contributed by atoms with Crippen molar-refractivity contribution in [3.8, 4) is 0 Å². The number of nitrogens with one attached hydrogen (secondary N) is 2. The van der Waals surface area contributed by atoms with Gasteiger partial charge in [0.05, 0.1) is 17.0 Å². The van der Waals surface area contributed by atoms with Crippen LogP contribution in [0.15, 0.2) is 34.5 Å². The smallest absolute Gasteiger partial charge is 0.212 e. The summed E-state index contributed by atoms with van der Waals surface area (Å²) in [6, 6.07) is 8.56. The number of halogens is 1. The molecule has 4 unspecified atom stereocenters. The molecule has 1 saturated carbocycles. The molecule has 1 aliphatic carbocycles. The zero-order valence-electron chi connectivity index (χ0n) is 13.8. The standard InChI is InChI=1S/C17H19ClN6S/c1-9-14(10-5-7-11(18)8-6-10)23-24-16(21-22-17(24)25-9)15-12-3-2-4-13(12)19-20-15/h5-9,12-13,15,19-20H,2-4H2,1H3.